The van der Waals surface area contributed by atoms with E-state index in [0.717, 1.165) is 16.8 Å². The number of hydrogen-bond acceptors (Lipinski definition) is 4. The van der Waals surface area contributed by atoms with Gasteiger partial charge < -0.3 is 20.9 Å². The third-order valence-corrected chi connectivity index (χ3v) is 3.29. The molecule has 0 radical (unpaired) electrons. The molecule has 0 unspecified atom stereocenters. The van der Waals surface area contributed by atoms with Crippen LogP contribution >= 0.6 is 0 Å². The summed E-state index contributed by atoms with van der Waals surface area (Å²) in [6, 6.07) is 15.0. The number of hydrogen-bond donors (Lipinski definition) is 3. The Labute approximate surface area is 135 Å². The summed E-state index contributed by atoms with van der Waals surface area (Å²) in [7, 11) is 0. The molecule has 4 N–H and O–H groups in total. The summed E-state index contributed by atoms with van der Waals surface area (Å²) in [5, 5.41) is 12.1. The number of aliphatic hydroxyl groups excluding tert-OH is 1. The van der Waals surface area contributed by atoms with Crippen molar-refractivity contribution in [3.05, 3.63) is 66.2 Å². The Morgan fingerprint density at radius 2 is 1.96 bits per heavy atom. The number of carbonyl (C=O) groups excluding carboxylic acids is 1. The van der Waals surface area contributed by atoms with Crippen LogP contribution in [-0.2, 0) is 11.3 Å². The molecule has 0 fully saturated rings. The first kappa shape index (κ1) is 16.6. The second-order valence-corrected chi connectivity index (χ2v) is 4.99. The molecule has 0 aromatic heterocycles. The van der Waals surface area contributed by atoms with E-state index >= 15 is 0 Å². The average Bonchev–Trinajstić information content (AvgIpc) is 2.58. The number of aliphatic hydroxyl groups is 1. The maximum atomic E-state index is 11.1. The fourth-order valence-electron chi connectivity index (χ4n) is 2.03. The molecule has 0 aliphatic rings. The van der Waals surface area contributed by atoms with E-state index in [1.807, 2.05) is 48.5 Å². The Bertz CT molecular complexity index is 681. The minimum atomic E-state index is -0.518. The van der Waals surface area contributed by atoms with E-state index in [2.05, 4.69) is 11.9 Å². The Balaban J connectivity index is 1.95. The molecule has 23 heavy (non-hydrogen) atoms. The molecule has 0 atom stereocenters. The molecule has 5 nitrogen and oxygen atoms in total. The normalized spacial score (nSPS) is 10.1. The summed E-state index contributed by atoms with van der Waals surface area (Å²) in [4.78, 5) is 11.1. The van der Waals surface area contributed by atoms with Crippen molar-refractivity contribution in [3.63, 3.8) is 0 Å². The van der Waals surface area contributed by atoms with Crippen LogP contribution in [0, 0.1) is 0 Å². The predicted octanol–water partition coefficient (Wildman–Crippen LogP) is 2.17. The monoisotopic (exact) mass is 312 g/mol. The molecule has 0 saturated carbocycles. The Kier molecular flexibility index (Phi) is 5.77. The first-order chi connectivity index (χ1) is 11.1. The molecule has 120 valence electrons. The number of anilines is 1. The van der Waals surface area contributed by atoms with Crippen molar-refractivity contribution >= 4 is 17.2 Å². The molecule has 2 rings (SSSR count). The summed E-state index contributed by atoms with van der Waals surface area (Å²) in [6.07, 6.45) is 0. The van der Waals surface area contributed by atoms with E-state index in [0.29, 0.717) is 17.9 Å². The third-order valence-electron chi connectivity index (χ3n) is 3.29. The lowest BCUT2D eigenvalue weighted by atomic mass is 10.1. The summed E-state index contributed by atoms with van der Waals surface area (Å²) in [6.45, 7) is 4.55. The molecule has 0 saturated heterocycles. The second kappa shape index (κ2) is 8.00. The lowest BCUT2D eigenvalue weighted by molar-refractivity contribution is -0.112. The minimum Gasteiger partial charge on any atom is -0.491 e. The largest absolute Gasteiger partial charge is 0.491 e. The highest BCUT2D eigenvalue weighted by atomic mass is 16.5. The van der Waals surface area contributed by atoms with Crippen LogP contribution in [0.4, 0.5) is 5.69 Å². The van der Waals surface area contributed by atoms with Crippen molar-refractivity contribution in [3.8, 4) is 5.75 Å². The molecular weight excluding hydrogens is 292 g/mol. The molecule has 0 spiro atoms. The van der Waals surface area contributed by atoms with Gasteiger partial charge in [0.05, 0.1) is 6.61 Å². The van der Waals surface area contributed by atoms with E-state index < -0.39 is 5.91 Å². The van der Waals surface area contributed by atoms with E-state index in [1.54, 1.807) is 0 Å². The van der Waals surface area contributed by atoms with Gasteiger partial charge in [-0.3, -0.25) is 4.79 Å². The smallest absolute Gasteiger partial charge is 0.248 e. The van der Waals surface area contributed by atoms with Gasteiger partial charge in [-0.25, -0.2) is 0 Å². The van der Waals surface area contributed by atoms with Crippen molar-refractivity contribution in [1.29, 1.82) is 0 Å². The van der Waals surface area contributed by atoms with Crippen molar-refractivity contribution < 1.29 is 14.6 Å². The number of nitrogens with two attached hydrogens (primary N) is 1. The zero-order chi connectivity index (χ0) is 16.7. The van der Waals surface area contributed by atoms with Gasteiger partial charge >= 0.3 is 0 Å². The van der Waals surface area contributed by atoms with Crippen LogP contribution in [0.5, 0.6) is 5.75 Å². The Morgan fingerprint density at radius 1 is 1.22 bits per heavy atom. The Morgan fingerprint density at radius 3 is 2.61 bits per heavy atom. The standard InChI is InChI=1S/C18H20N2O3/c1-13(18(19)22)15-7-5-14(6-8-15)12-20-16-3-2-4-17(11-16)23-10-9-21/h2-8,11,20-21H,1,9-10,12H2,(H2,19,22). The van der Waals surface area contributed by atoms with Gasteiger partial charge in [0.2, 0.25) is 5.91 Å². The SMILES string of the molecule is C=C(C(N)=O)c1ccc(CNc2cccc(OCCO)c2)cc1. The van der Waals surface area contributed by atoms with Crippen LogP contribution in [-0.4, -0.2) is 24.2 Å². The summed E-state index contributed by atoms with van der Waals surface area (Å²) < 4.78 is 5.37. The van der Waals surface area contributed by atoms with E-state index in [4.69, 9.17) is 15.6 Å². The van der Waals surface area contributed by atoms with E-state index in [9.17, 15) is 4.79 Å². The summed E-state index contributed by atoms with van der Waals surface area (Å²) in [5.41, 5.74) is 8.22. The molecule has 0 heterocycles. The molecule has 1 amide bonds. The number of rotatable bonds is 8. The van der Waals surface area contributed by atoms with Crippen molar-refractivity contribution in [2.24, 2.45) is 5.73 Å². The number of primary amides is 1. The number of nitrogens with one attached hydrogen (secondary N) is 1. The quantitative estimate of drug-likeness (QED) is 0.652. The van der Waals surface area contributed by atoms with Gasteiger partial charge in [0, 0.05) is 23.9 Å². The van der Waals surface area contributed by atoms with E-state index in [-0.39, 0.29) is 13.2 Å². The van der Waals surface area contributed by atoms with Crippen LogP contribution in [0.2, 0.25) is 0 Å². The third kappa shape index (κ3) is 4.86. The van der Waals surface area contributed by atoms with Gasteiger partial charge in [0.15, 0.2) is 0 Å². The number of ether oxygens (including phenoxy) is 1. The molecule has 0 bridgehead atoms. The highest BCUT2D eigenvalue weighted by Gasteiger charge is 2.04. The van der Waals surface area contributed by atoms with Gasteiger partial charge in [-0.15, -0.1) is 0 Å². The van der Waals surface area contributed by atoms with Crippen LogP contribution in [0.1, 0.15) is 11.1 Å². The first-order valence-corrected chi connectivity index (χ1v) is 7.26. The van der Waals surface area contributed by atoms with Crippen molar-refractivity contribution in [2.45, 2.75) is 6.54 Å². The fraction of sp³-hybridized carbons (Fsp3) is 0.167. The molecule has 5 heteroatoms. The zero-order valence-electron chi connectivity index (χ0n) is 12.8. The maximum Gasteiger partial charge on any atom is 0.248 e. The van der Waals surface area contributed by atoms with Crippen molar-refractivity contribution in [1.82, 2.24) is 0 Å². The van der Waals surface area contributed by atoms with Gasteiger partial charge in [-0.2, -0.15) is 0 Å². The highest BCUT2D eigenvalue weighted by Crippen LogP contribution is 2.19. The van der Waals surface area contributed by atoms with Gasteiger partial charge in [0.1, 0.15) is 12.4 Å². The number of benzene rings is 2. The number of carbonyl (C=O) groups is 1. The van der Waals surface area contributed by atoms with Crippen LogP contribution in [0.15, 0.2) is 55.1 Å². The second-order valence-electron chi connectivity index (χ2n) is 4.99. The van der Waals surface area contributed by atoms with Gasteiger partial charge in [0.25, 0.3) is 0 Å². The molecule has 2 aromatic rings. The van der Waals surface area contributed by atoms with Crippen molar-refractivity contribution in [2.75, 3.05) is 18.5 Å². The van der Waals surface area contributed by atoms with Gasteiger partial charge in [-0.1, -0.05) is 36.9 Å². The molecule has 2 aromatic carbocycles. The fourth-order valence-corrected chi connectivity index (χ4v) is 2.03. The summed E-state index contributed by atoms with van der Waals surface area (Å²) in [5.74, 6) is 0.188. The lowest BCUT2D eigenvalue weighted by Gasteiger charge is -2.10. The molecule has 0 aliphatic heterocycles. The molecular formula is C18H20N2O3. The Hall–Kier alpha value is -2.79. The first-order valence-electron chi connectivity index (χ1n) is 7.26. The highest BCUT2D eigenvalue weighted by molar-refractivity contribution is 6.17. The lowest BCUT2D eigenvalue weighted by Crippen LogP contribution is -2.11. The van der Waals surface area contributed by atoms with Crippen LogP contribution < -0.4 is 15.8 Å². The topological polar surface area (TPSA) is 84.6 Å². The molecule has 0 aliphatic carbocycles. The number of amides is 1. The van der Waals surface area contributed by atoms with Gasteiger partial charge in [-0.05, 0) is 23.3 Å². The maximum absolute atomic E-state index is 11.1. The average molecular weight is 312 g/mol. The predicted molar refractivity (Wildman–Crippen MR) is 91.0 cm³/mol. The van der Waals surface area contributed by atoms with E-state index in [1.165, 1.54) is 0 Å². The van der Waals surface area contributed by atoms with Crippen LogP contribution in [0.3, 0.4) is 0 Å². The van der Waals surface area contributed by atoms with Crippen LogP contribution in [0.25, 0.3) is 5.57 Å². The zero-order valence-corrected chi connectivity index (χ0v) is 12.8. The minimum absolute atomic E-state index is 0.0133. The summed E-state index contributed by atoms with van der Waals surface area (Å²) >= 11 is 0.